The smallest absolute Gasteiger partial charge is 0.0731 e. The monoisotopic (exact) mass is 353 g/mol. The molecule has 146 valence electrons. The highest BCUT2D eigenvalue weighted by Crippen LogP contribution is 2.37. The highest BCUT2D eigenvalue weighted by molar-refractivity contribution is 4.94. The van der Waals surface area contributed by atoms with Gasteiger partial charge in [-0.15, -0.1) is 0 Å². The molecule has 1 spiro atoms. The maximum absolute atomic E-state index is 6.30. The van der Waals surface area contributed by atoms with E-state index in [-0.39, 0.29) is 11.7 Å². The second-order valence-electron chi connectivity index (χ2n) is 8.62. The van der Waals surface area contributed by atoms with Crippen LogP contribution in [-0.4, -0.2) is 61.7 Å². The maximum Gasteiger partial charge on any atom is 0.0731 e. The molecule has 4 heteroatoms. The van der Waals surface area contributed by atoms with Gasteiger partial charge in [0.2, 0.25) is 0 Å². The first-order valence-corrected chi connectivity index (χ1v) is 10.8. The van der Waals surface area contributed by atoms with E-state index in [9.17, 15) is 0 Å². The van der Waals surface area contributed by atoms with Gasteiger partial charge >= 0.3 is 0 Å². The molecule has 0 bridgehead atoms. The SMILES string of the molecule is CC(C)OCCOC1CCOC2(CCN(C3CCCCCC3)CC2)C1. The minimum Gasteiger partial charge on any atom is -0.376 e. The van der Waals surface area contributed by atoms with Gasteiger partial charge < -0.3 is 19.1 Å². The summed E-state index contributed by atoms with van der Waals surface area (Å²) in [7, 11) is 0. The van der Waals surface area contributed by atoms with Crippen molar-refractivity contribution in [3.63, 3.8) is 0 Å². The van der Waals surface area contributed by atoms with Crippen molar-refractivity contribution in [2.24, 2.45) is 0 Å². The largest absolute Gasteiger partial charge is 0.376 e. The van der Waals surface area contributed by atoms with Crippen LogP contribution in [0.2, 0.25) is 0 Å². The number of hydrogen-bond donors (Lipinski definition) is 0. The Kier molecular flexibility index (Phi) is 7.59. The Labute approximate surface area is 154 Å². The Hall–Kier alpha value is -0.160. The summed E-state index contributed by atoms with van der Waals surface area (Å²) in [5.41, 5.74) is 0.0864. The van der Waals surface area contributed by atoms with E-state index in [2.05, 4.69) is 18.7 Å². The highest BCUT2D eigenvalue weighted by atomic mass is 16.5. The van der Waals surface area contributed by atoms with Gasteiger partial charge in [0.1, 0.15) is 0 Å². The molecule has 25 heavy (non-hydrogen) atoms. The average molecular weight is 354 g/mol. The summed E-state index contributed by atoms with van der Waals surface area (Å²) in [6.07, 6.45) is 13.7. The highest BCUT2D eigenvalue weighted by Gasteiger charge is 2.41. The van der Waals surface area contributed by atoms with E-state index in [0.29, 0.717) is 19.3 Å². The summed E-state index contributed by atoms with van der Waals surface area (Å²) in [5.74, 6) is 0. The van der Waals surface area contributed by atoms with Crippen molar-refractivity contribution in [3.8, 4) is 0 Å². The first-order valence-electron chi connectivity index (χ1n) is 10.8. The number of nitrogens with zero attached hydrogens (tertiary/aromatic N) is 1. The molecule has 3 fully saturated rings. The van der Waals surface area contributed by atoms with Crippen molar-refractivity contribution in [3.05, 3.63) is 0 Å². The fourth-order valence-corrected chi connectivity index (χ4v) is 4.89. The van der Waals surface area contributed by atoms with E-state index in [1.807, 2.05) is 0 Å². The molecule has 1 saturated carbocycles. The van der Waals surface area contributed by atoms with Gasteiger partial charge in [-0.05, 0) is 46.0 Å². The predicted molar refractivity (Wildman–Crippen MR) is 101 cm³/mol. The summed E-state index contributed by atoms with van der Waals surface area (Å²) in [6, 6.07) is 0.837. The number of hydrogen-bond acceptors (Lipinski definition) is 4. The summed E-state index contributed by atoms with van der Waals surface area (Å²) in [6.45, 7) is 8.86. The lowest BCUT2D eigenvalue weighted by atomic mass is 9.82. The molecule has 2 aliphatic heterocycles. The zero-order valence-electron chi connectivity index (χ0n) is 16.5. The molecule has 0 amide bonds. The zero-order chi connectivity index (χ0) is 17.5. The Morgan fingerprint density at radius 1 is 1.00 bits per heavy atom. The van der Waals surface area contributed by atoms with Crippen LogP contribution in [0, 0.1) is 0 Å². The van der Waals surface area contributed by atoms with Crippen molar-refractivity contribution < 1.29 is 14.2 Å². The van der Waals surface area contributed by atoms with Crippen LogP contribution >= 0.6 is 0 Å². The molecule has 3 aliphatic rings. The van der Waals surface area contributed by atoms with Crippen LogP contribution in [0.1, 0.15) is 78.1 Å². The topological polar surface area (TPSA) is 30.9 Å². The summed E-state index contributed by atoms with van der Waals surface area (Å²) < 4.78 is 18.0. The van der Waals surface area contributed by atoms with Crippen LogP contribution in [0.3, 0.4) is 0 Å². The van der Waals surface area contributed by atoms with Crippen LogP contribution in [0.5, 0.6) is 0 Å². The Balaban J connectivity index is 1.42. The lowest BCUT2D eigenvalue weighted by Gasteiger charge is -2.47. The van der Waals surface area contributed by atoms with Crippen LogP contribution in [0.15, 0.2) is 0 Å². The standard InChI is InChI=1S/C21H39NO3/c1-18(2)23-15-16-24-20-9-14-25-21(17-20)10-12-22(13-11-21)19-7-5-3-4-6-8-19/h18-20H,3-17H2,1-2H3. The van der Waals surface area contributed by atoms with Crippen LogP contribution in [0.4, 0.5) is 0 Å². The molecule has 2 heterocycles. The molecule has 0 aromatic heterocycles. The van der Waals surface area contributed by atoms with Gasteiger partial charge in [0, 0.05) is 32.2 Å². The zero-order valence-corrected chi connectivity index (χ0v) is 16.5. The van der Waals surface area contributed by atoms with Crippen LogP contribution in [0.25, 0.3) is 0 Å². The van der Waals surface area contributed by atoms with Gasteiger partial charge in [0.05, 0.1) is 31.0 Å². The maximum atomic E-state index is 6.30. The summed E-state index contributed by atoms with van der Waals surface area (Å²) in [5, 5.41) is 0. The third-order valence-electron chi connectivity index (χ3n) is 6.39. The molecule has 1 unspecified atom stereocenters. The van der Waals surface area contributed by atoms with E-state index in [4.69, 9.17) is 14.2 Å². The van der Waals surface area contributed by atoms with E-state index in [1.165, 1.54) is 64.5 Å². The minimum absolute atomic E-state index is 0.0864. The van der Waals surface area contributed by atoms with Crippen LogP contribution < -0.4 is 0 Å². The van der Waals surface area contributed by atoms with E-state index >= 15 is 0 Å². The lowest BCUT2D eigenvalue weighted by Crippen LogP contribution is -2.53. The number of rotatable bonds is 6. The first-order chi connectivity index (χ1) is 12.2. The van der Waals surface area contributed by atoms with Crippen LogP contribution in [-0.2, 0) is 14.2 Å². The van der Waals surface area contributed by atoms with Crippen molar-refractivity contribution >= 4 is 0 Å². The van der Waals surface area contributed by atoms with Gasteiger partial charge in [-0.2, -0.15) is 0 Å². The second kappa shape index (κ2) is 9.68. The minimum atomic E-state index is 0.0864. The van der Waals surface area contributed by atoms with E-state index < -0.39 is 0 Å². The molecule has 0 radical (unpaired) electrons. The second-order valence-corrected chi connectivity index (χ2v) is 8.62. The van der Waals surface area contributed by atoms with Crippen molar-refractivity contribution in [1.29, 1.82) is 0 Å². The average Bonchev–Trinajstić information content (AvgIpc) is 2.89. The van der Waals surface area contributed by atoms with Crippen molar-refractivity contribution in [1.82, 2.24) is 4.90 Å². The Morgan fingerprint density at radius 3 is 2.40 bits per heavy atom. The third kappa shape index (κ3) is 5.92. The fourth-order valence-electron chi connectivity index (χ4n) is 4.89. The third-order valence-corrected chi connectivity index (χ3v) is 6.39. The van der Waals surface area contributed by atoms with Crippen molar-refractivity contribution in [2.45, 2.75) is 102 Å². The molecule has 3 rings (SSSR count). The van der Waals surface area contributed by atoms with Gasteiger partial charge in [0.25, 0.3) is 0 Å². The quantitative estimate of drug-likeness (QED) is 0.530. The number of ether oxygens (including phenoxy) is 3. The van der Waals surface area contributed by atoms with E-state index in [1.54, 1.807) is 0 Å². The van der Waals surface area contributed by atoms with Gasteiger partial charge in [0.15, 0.2) is 0 Å². The molecule has 1 atom stereocenters. The fraction of sp³-hybridized carbons (Fsp3) is 1.00. The Morgan fingerprint density at radius 2 is 1.72 bits per heavy atom. The summed E-state index contributed by atoms with van der Waals surface area (Å²) >= 11 is 0. The van der Waals surface area contributed by atoms with Gasteiger partial charge in [-0.1, -0.05) is 25.7 Å². The molecule has 0 aromatic carbocycles. The molecular weight excluding hydrogens is 314 g/mol. The van der Waals surface area contributed by atoms with E-state index in [0.717, 1.165) is 25.5 Å². The first kappa shape index (κ1) is 19.6. The van der Waals surface area contributed by atoms with Gasteiger partial charge in [-0.25, -0.2) is 0 Å². The normalized spacial score (nSPS) is 29.2. The molecule has 0 N–H and O–H groups in total. The number of piperidine rings is 1. The predicted octanol–water partition coefficient (Wildman–Crippen LogP) is 4.16. The molecule has 4 nitrogen and oxygen atoms in total. The molecule has 2 saturated heterocycles. The molecular formula is C21H39NO3. The molecule has 0 aromatic rings. The van der Waals surface area contributed by atoms with Crippen molar-refractivity contribution in [2.75, 3.05) is 32.9 Å². The van der Waals surface area contributed by atoms with Gasteiger partial charge in [-0.3, -0.25) is 0 Å². The number of likely N-dealkylation sites (tertiary alicyclic amines) is 1. The lowest BCUT2D eigenvalue weighted by molar-refractivity contribution is -0.161. The Bertz CT molecular complexity index is 371. The molecule has 1 aliphatic carbocycles. The summed E-state index contributed by atoms with van der Waals surface area (Å²) in [4.78, 5) is 2.76.